The monoisotopic (exact) mass is 641 g/mol. The van der Waals surface area contributed by atoms with Crippen molar-refractivity contribution in [2.24, 2.45) is 23.0 Å². The molecule has 4 atom stereocenters. The summed E-state index contributed by atoms with van der Waals surface area (Å²) in [7, 11) is 0. The molecule has 2 aliphatic rings. The summed E-state index contributed by atoms with van der Waals surface area (Å²) in [4.78, 5) is 80.1. The minimum Gasteiger partial charge on any atom is -0.458 e. The summed E-state index contributed by atoms with van der Waals surface area (Å²) >= 11 is 0. The Balaban J connectivity index is 1.86. The highest BCUT2D eigenvalue weighted by molar-refractivity contribution is 6.37. The first kappa shape index (κ1) is 36.5. The van der Waals surface area contributed by atoms with E-state index in [0.717, 1.165) is 11.1 Å². The first-order chi connectivity index (χ1) is 21.3. The molecule has 12 heteroatoms. The summed E-state index contributed by atoms with van der Waals surface area (Å²) in [5.41, 5.74) is 5.92. The van der Waals surface area contributed by atoms with Gasteiger partial charge in [0.15, 0.2) is 0 Å². The van der Waals surface area contributed by atoms with Crippen molar-refractivity contribution in [3.05, 3.63) is 35.4 Å². The van der Waals surface area contributed by atoms with Crippen molar-refractivity contribution < 1.29 is 33.5 Å². The van der Waals surface area contributed by atoms with Crippen molar-refractivity contribution in [2.75, 3.05) is 6.54 Å². The van der Waals surface area contributed by atoms with Crippen molar-refractivity contribution >= 4 is 35.5 Å². The number of ether oxygens (including phenoxy) is 1. The van der Waals surface area contributed by atoms with Gasteiger partial charge in [-0.3, -0.25) is 19.2 Å². The smallest absolute Gasteiger partial charge is 0.329 e. The summed E-state index contributed by atoms with van der Waals surface area (Å²) < 4.78 is 5.58. The summed E-state index contributed by atoms with van der Waals surface area (Å²) in [6.07, 6.45) is 2.18. The Morgan fingerprint density at radius 3 is 2.02 bits per heavy atom. The van der Waals surface area contributed by atoms with Gasteiger partial charge in [0.05, 0.1) is 6.04 Å². The molecule has 1 heterocycles. The number of nitrogens with zero attached hydrogens (tertiary/aromatic N) is 1. The lowest BCUT2D eigenvalue weighted by Crippen LogP contribution is -2.61. The molecule has 0 radical (unpaired) electrons. The van der Waals surface area contributed by atoms with E-state index in [2.05, 4.69) is 16.0 Å². The number of nitrogens with two attached hydrogens (primary N) is 1. The van der Waals surface area contributed by atoms with Gasteiger partial charge in [-0.1, -0.05) is 58.9 Å². The molecular formula is C34H51N5O7. The van der Waals surface area contributed by atoms with Crippen LogP contribution >= 0.6 is 0 Å². The van der Waals surface area contributed by atoms with Crippen molar-refractivity contribution in [1.82, 2.24) is 20.9 Å². The normalized spacial score (nSPS) is 18.7. The number of likely N-dealkylation sites (tertiary alicyclic amines) is 1. The zero-order valence-electron chi connectivity index (χ0n) is 28.4. The predicted molar refractivity (Wildman–Crippen MR) is 172 cm³/mol. The van der Waals surface area contributed by atoms with Gasteiger partial charge < -0.3 is 31.3 Å². The van der Waals surface area contributed by atoms with Gasteiger partial charge >= 0.3 is 12.0 Å². The summed E-state index contributed by atoms with van der Waals surface area (Å²) in [6.45, 7) is 14.6. The lowest BCUT2D eigenvalue weighted by Gasteiger charge is -2.34. The second-order valence-electron chi connectivity index (χ2n) is 15.0. The third kappa shape index (κ3) is 9.53. The predicted octanol–water partition coefficient (Wildman–Crippen LogP) is 2.40. The molecule has 0 aromatic heterocycles. The number of carbonyl (C=O) groups excluding carboxylic acids is 6. The van der Waals surface area contributed by atoms with Crippen molar-refractivity contribution in [2.45, 2.75) is 117 Å². The maximum Gasteiger partial charge on any atom is 0.329 e. The molecule has 46 heavy (non-hydrogen) atoms. The SMILES string of the molecule is CC(C)CC(NC(=O)C1CCCN1C(=O)C(NC(=O)NC(C(=O)OC(C)(C)C)C(C)(C)C)C1Cc2ccccc2C1)C(=O)C(N)=O. The Hall–Kier alpha value is -3.96. The highest BCUT2D eigenvalue weighted by Gasteiger charge is 2.44. The minimum atomic E-state index is -1.14. The third-order valence-corrected chi connectivity index (χ3v) is 8.31. The number of rotatable bonds is 11. The quantitative estimate of drug-likeness (QED) is 0.212. The number of Topliss-reactive ketones (excluding diaryl/α,β-unsaturated/α-hetero) is 1. The first-order valence-corrected chi connectivity index (χ1v) is 16.1. The van der Waals surface area contributed by atoms with Crippen molar-refractivity contribution in [3.8, 4) is 0 Å². The zero-order valence-corrected chi connectivity index (χ0v) is 28.4. The average molecular weight is 642 g/mol. The largest absolute Gasteiger partial charge is 0.458 e. The lowest BCUT2D eigenvalue weighted by atomic mass is 9.86. The van der Waals surface area contributed by atoms with E-state index in [1.807, 2.05) is 38.1 Å². The number of hydrogen-bond donors (Lipinski definition) is 4. The number of hydrogen-bond acceptors (Lipinski definition) is 7. The molecule has 1 aromatic rings. The summed E-state index contributed by atoms with van der Waals surface area (Å²) in [5.74, 6) is -3.93. The Morgan fingerprint density at radius 2 is 1.52 bits per heavy atom. The Bertz CT molecular complexity index is 1300. The minimum absolute atomic E-state index is 0.0105. The van der Waals surface area contributed by atoms with E-state index in [-0.39, 0.29) is 24.8 Å². The van der Waals surface area contributed by atoms with Gasteiger partial charge in [0, 0.05) is 6.54 Å². The van der Waals surface area contributed by atoms with E-state index < -0.39 is 70.7 Å². The van der Waals surface area contributed by atoms with Gasteiger partial charge in [-0.15, -0.1) is 0 Å². The van der Waals surface area contributed by atoms with E-state index in [9.17, 15) is 28.8 Å². The lowest BCUT2D eigenvalue weighted by molar-refractivity contribution is -0.160. The maximum atomic E-state index is 14.3. The summed E-state index contributed by atoms with van der Waals surface area (Å²) in [5, 5.41) is 8.26. The Morgan fingerprint density at radius 1 is 0.935 bits per heavy atom. The summed E-state index contributed by atoms with van der Waals surface area (Å²) in [6, 6.07) is 3.11. The standard InChI is InChI=1S/C34H51N5O7/c1-19(2)16-23(26(40)28(35)41)36-29(42)24-14-11-15-39(24)30(43)25(22-17-20-12-9-10-13-21(20)18-22)37-32(45)38-27(33(3,4)5)31(44)46-34(6,7)8/h9-10,12-13,19,22-25,27H,11,14-18H2,1-8H3,(H2,35,41)(H,36,42)(H2,37,38,45). The number of primary amides is 1. The number of amides is 5. The maximum absolute atomic E-state index is 14.3. The van der Waals surface area contributed by atoms with E-state index in [0.29, 0.717) is 25.7 Å². The molecule has 5 N–H and O–H groups in total. The molecule has 1 fully saturated rings. The van der Waals surface area contributed by atoms with Crippen LogP contribution in [0.1, 0.15) is 85.8 Å². The van der Waals surface area contributed by atoms with Crippen LogP contribution in [0.5, 0.6) is 0 Å². The molecule has 3 rings (SSSR count). The number of nitrogens with one attached hydrogen (secondary N) is 3. The molecular weight excluding hydrogens is 590 g/mol. The molecule has 5 amide bonds. The highest BCUT2D eigenvalue weighted by atomic mass is 16.6. The highest BCUT2D eigenvalue weighted by Crippen LogP contribution is 2.31. The van der Waals surface area contributed by atoms with Crippen LogP contribution in [0.2, 0.25) is 0 Å². The average Bonchev–Trinajstić information content (AvgIpc) is 3.59. The topological polar surface area (TPSA) is 177 Å². The number of fused-ring (bicyclic) bond motifs is 1. The molecule has 254 valence electrons. The van der Waals surface area contributed by atoms with Crippen LogP contribution in [0.25, 0.3) is 0 Å². The van der Waals surface area contributed by atoms with Crippen molar-refractivity contribution in [3.63, 3.8) is 0 Å². The van der Waals surface area contributed by atoms with Crippen LogP contribution in [0.3, 0.4) is 0 Å². The van der Waals surface area contributed by atoms with Crippen LogP contribution in [0, 0.1) is 17.3 Å². The molecule has 1 saturated heterocycles. The fourth-order valence-corrected chi connectivity index (χ4v) is 6.14. The molecule has 0 saturated carbocycles. The fraction of sp³-hybridized carbons (Fsp3) is 0.647. The molecule has 0 bridgehead atoms. The van der Waals surface area contributed by atoms with Crippen LogP contribution < -0.4 is 21.7 Å². The molecule has 1 aromatic carbocycles. The zero-order chi connectivity index (χ0) is 34.6. The van der Waals surface area contributed by atoms with Crippen molar-refractivity contribution in [1.29, 1.82) is 0 Å². The number of carbonyl (C=O) groups is 6. The molecule has 1 aliphatic carbocycles. The van der Waals surface area contributed by atoms with Gasteiger partial charge in [0.2, 0.25) is 17.6 Å². The van der Waals surface area contributed by atoms with Crippen LogP contribution in [0.4, 0.5) is 4.79 Å². The van der Waals surface area contributed by atoms with Crippen LogP contribution in [-0.4, -0.2) is 76.7 Å². The second-order valence-corrected chi connectivity index (χ2v) is 15.0. The number of benzene rings is 1. The molecule has 4 unspecified atom stereocenters. The number of esters is 1. The number of ketones is 1. The Labute approximate surface area is 271 Å². The molecule has 12 nitrogen and oxygen atoms in total. The number of urea groups is 1. The van der Waals surface area contributed by atoms with Gasteiger partial charge in [0.1, 0.15) is 23.7 Å². The molecule has 0 spiro atoms. The van der Waals surface area contributed by atoms with Gasteiger partial charge in [-0.2, -0.15) is 0 Å². The van der Waals surface area contributed by atoms with Gasteiger partial charge in [-0.05, 0) is 81.3 Å². The Kier molecular flexibility index (Phi) is 11.6. The van der Waals surface area contributed by atoms with E-state index in [4.69, 9.17) is 10.5 Å². The van der Waals surface area contributed by atoms with Crippen LogP contribution in [-0.2, 0) is 41.6 Å². The second kappa shape index (κ2) is 14.6. The third-order valence-electron chi connectivity index (χ3n) is 8.31. The van der Waals surface area contributed by atoms with E-state index in [1.54, 1.807) is 41.5 Å². The van der Waals surface area contributed by atoms with E-state index >= 15 is 0 Å². The van der Waals surface area contributed by atoms with E-state index in [1.165, 1.54) is 4.90 Å². The fourth-order valence-electron chi connectivity index (χ4n) is 6.14. The van der Waals surface area contributed by atoms with Crippen LogP contribution in [0.15, 0.2) is 24.3 Å². The van der Waals surface area contributed by atoms with Gasteiger partial charge in [-0.25, -0.2) is 9.59 Å². The molecule has 1 aliphatic heterocycles. The first-order valence-electron chi connectivity index (χ1n) is 16.1. The van der Waals surface area contributed by atoms with Gasteiger partial charge in [0.25, 0.3) is 5.91 Å².